The highest BCUT2D eigenvalue weighted by molar-refractivity contribution is 5.87. The van der Waals surface area contributed by atoms with Gasteiger partial charge < -0.3 is 10.1 Å². The van der Waals surface area contributed by atoms with Crippen molar-refractivity contribution in [3.63, 3.8) is 0 Å². The van der Waals surface area contributed by atoms with Crippen molar-refractivity contribution in [1.82, 2.24) is 16.2 Å². The highest BCUT2D eigenvalue weighted by Gasteiger charge is 2.21. The first kappa shape index (κ1) is 18.8. The van der Waals surface area contributed by atoms with E-state index in [1.54, 1.807) is 6.07 Å². The zero-order chi connectivity index (χ0) is 18.1. The van der Waals surface area contributed by atoms with Gasteiger partial charge in [0.25, 0.3) is 11.8 Å². The first-order valence-corrected chi connectivity index (χ1v) is 8.59. The Hall–Kier alpha value is -2.57. The maximum atomic E-state index is 11.9. The Bertz CT molecular complexity index is 612. The number of aryl methyl sites for hydroxylation is 1. The summed E-state index contributed by atoms with van der Waals surface area (Å²) >= 11 is 0. The van der Waals surface area contributed by atoms with Crippen molar-refractivity contribution in [3.8, 4) is 5.75 Å². The molecule has 1 aliphatic rings. The third-order valence-electron chi connectivity index (χ3n) is 4.10. The van der Waals surface area contributed by atoms with Crippen LogP contribution in [0.25, 0.3) is 0 Å². The Morgan fingerprint density at radius 1 is 1.08 bits per heavy atom. The smallest absolute Gasteiger partial charge is 0.276 e. The molecule has 3 N–H and O–H groups in total. The van der Waals surface area contributed by atoms with Gasteiger partial charge in [0.15, 0.2) is 6.61 Å². The number of amides is 3. The van der Waals surface area contributed by atoms with E-state index in [2.05, 4.69) is 16.2 Å². The summed E-state index contributed by atoms with van der Waals surface area (Å²) in [7, 11) is 0. The van der Waals surface area contributed by atoms with Crippen LogP contribution in [0, 0.1) is 12.8 Å². The van der Waals surface area contributed by atoms with Gasteiger partial charge in [-0.25, -0.2) is 0 Å². The zero-order valence-corrected chi connectivity index (χ0v) is 14.5. The van der Waals surface area contributed by atoms with Crippen LogP contribution in [0.3, 0.4) is 0 Å². The van der Waals surface area contributed by atoms with Crippen molar-refractivity contribution >= 4 is 17.7 Å². The molecular weight excluding hydrogens is 322 g/mol. The van der Waals surface area contributed by atoms with Crippen molar-refractivity contribution in [1.29, 1.82) is 0 Å². The minimum absolute atomic E-state index is 0.00105. The van der Waals surface area contributed by atoms with E-state index in [0.29, 0.717) is 5.75 Å². The Morgan fingerprint density at radius 3 is 2.52 bits per heavy atom. The highest BCUT2D eigenvalue weighted by Crippen LogP contribution is 2.23. The van der Waals surface area contributed by atoms with Gasteiger partial charge in [0.1, 0.15) is 5.75 Å². The van der Waals surface area contributed by atoms with E-state index in [-0.39, 0.29) is 25.0 Å². The molecule has 0 heterocycles. The van der Waals surface area contributed by atoms with E-state index < -0.39 is 11.8 Å². The molecule has 1 aromatic carbocycles. The largest absolute Gasteiger partial charge is 0.484 e. The van der Waals surface area contributed by atoms with Crippen LogP contribution in [0.1, 0.15) is 37.7 Å². The number of nitrogens with one attached hydrogen (secondary N) is 3. The summed E-state index contributed by atoms with van der Waals surface area (Å²) in [5, 5.41) is 2.61. The predicted octanol–water partition coefficient (Wildman–Crippen LogP) is 1.22. The number of hydrazine groups is 1. The fourth-order valence-electron chi connectivity index (χ4n) is 2.75. The molecule has 0 unspecified atom stereocenters. The maximum Gasteiger partial charge on any atom is 0.276 e. The van der Waals surface area contributed by atoms with Crippen molar-refractivity contribution in [2.45, 2.75) is 39.0 Å². The summed E-state index contributed by atoms with van der Waals surface area (Å²) in [6.07, 6.45) is 5.03. The SMILES string of the molecule is Cc1cccc(OCC(=O)NNC(=O)CNC(=O)C2CCCCC2)c1. The second-order valence-electron chi connectivity index (χ2n) is 6.25. The molecule has 7 nitrogen and oxygen atoms in total. The van der Waals surface area contributed by atoms with E-state index >= 15 is 0 Å². The lowest BCUT2D eigenvalue weighted by Crippen LogP contribution is -2.48. The van der Waals surface area contributed by atoms with Gasteiger partial charge in [0.05, 0.1) is 6.54 Å². The summed E-state index contributed by atoms with van der Waals surface area (Å²) in [6.45, 7) is 1.56. The molecule has 0 saturated heterocycles. The number of ether oxygens (including phenoxy) is 1. The van der Waals surface area contributed by atoms with Gasteiger partial charge in [-0.1, -0.05) is 31.4 Å². The second kappa shape index (κ2) is 9.66. The standard InChI is InChI=1S/C18H25N3O4/c1-13-6-5-9-15(10-13)25-12-17(23)21-20-16(22)11-19-18(24)14-7-3-2-4-8-14/h5-6,9-10,14H,2-4,7-8,11-12H2,1H3,(H,19,24)(H,20,22)(H,21,23). The van der Waals surface area contributed by atoms with Crippen LogP contribution in [0.5, 0.6) is 5.75 Å². The fourth-order valence-corrected chi connectivity index (χ4v) is 2.75. The number of hydrogen-bond acceptors (Lipinski definition) is 4. The lowest BCUT2D eigenvalue weighted by Gasteiger charge is -2.20. The van der Waals surface area contributed by atoms with Crippen molar-refractivity contribution in [3.05, 3.63) is 29.8 Å². The quantitative estimate of drug-likeness (QED) is 0.674. The lowest BCUT2D eigenvalue weighted by molar-refractivity contribution is -0.131. The summed E-state index contributed by atoms with van der Waals surface area (Å²) in [6, 6.07) is 7.32. The molecule has 0 radical (unpaired) electrons. The van der Waals surface area contributed by atoms with Crippen LogP contribution in [-0.4, -0.2) is 30.9 Å². The molecule has 7 heteroatoms. The van der Waals surface area contributed by atoms with E-state index in [9.17, 15) is 14.4 Å². The van der Waals surface area contributed by atoms with Gasteiger partial charge in [-0.05, 0) is 37.5 Å². The monoisotopic (exact) mass is 347 g/mol. The summed E-state index contributed by atoms with van der Waals surface area (Å²) in [4.78, 5) is 35.3. The van der Waals surface area contributed by atoms with Crippen LogP contribution in [0.15, 0.2) is 24.3 Å². The maximum absolute atomic E-state index is 11.9. The van der Waals surface area contributed by atoms with Crippen LogP contribution >= 0.6 is 0 Å². The molecule has 0 bridgehead atoms. The predicted molar refractivity (Wildman–Crippen MR) is 92.5 cm³/mol. The molecule has 1 aliphatic carbocycles. The molecule has 0 atom stereocenters. The number of benzene rings is 1. The summed E-state index contributed by atoms with van der Waals surface area (Å²) in [5.74, 6) is -0.467. The Labute approximate surface area is 147 Å². The summed E-state index contributed by atoms with van der Waals surface area (Å²) in [5.41, 5.74) is 5.54. The van der Waals surface area contributed by atoms with Gasteiger partial charge in [-0.2, -0.15) is 0 Å². The Kier molecular flexibility index (Phi) is 7.25. The van der Waals surface area contributed by atoms with Gasteiger partial charge in [0, 0.05) is 5.92 Å². The van der Waals surface area contributed by atoms with E-state index in [0.717, 1.165) is 31.2 Å². The normalized spacial score (nSPS) is 14.4. The summed E-state index contributed by atoms with van der Waals surface area (Å²) < 4.78 is 5.33. The molecule has 1 aromatic rings. The van der Waals surface area contributed by atoms with Gasteiger partial charge in [0.2, 0.25) is 5.91 Å². The van der Waals surface area contributed by atoms with Crippen molar-refractivity contribution < 1.29 is 19.1 Å². The van der Waals surface area contributed by atoms with Gasteiger partial charge in [-0.15, -0.1) is 0 Å². The average molecular weight is 347 g/mol. The number of carbonyl (C=O) groups is 3. The first-order valence-electron chi connectivity index (χ1n) is 8.59. The molecule has 25 heavy (non-hydrogen) atoms. The average Bonchev–Trinajstić information content (AvgIpc) is 2.63. The molecule has 1 fully saturated rings. The molecule has 0 aliphatic heterocycles. The molecule has 1 saturated carbocycles. The van der Waals surface area contributed by atoms with Crippen molar-refractivity contribution in [2.24, 2.45) is 5.92 Å². The van der Waals surface area contributed by atoms with Crippen LogP contribution in [-0.2, 0) is 14.4 Å². The van der Waals surface area contributed by atoms with Crippen LogP contribution < -0.4 is 20.9 Å². The topological polar surface area (TPSA) is 96.5 Å². The van der Waals surface area contributed by atoms with E-state index in [4.69, 9.17) is 4.74 Å². The van der Waals surface area contributed by atoms with E-state index in [1.165, 1.54) is 6.42 Å². The minimum atomic E-state index is -0.479. The molecule has 136 valence electrons. The molecule has 0 spiro atoms. The third-order valence-corrected chi connectivity index (χ3v) is 4.10. The number of rotatable bonds is 6. The minimum Gasteiger partial charge on any atom is -0.484 e. The molecular formula is C18H25N3O4. The van der Waals surface area contributed by atoms with E-state index in [1.807, 2.05) is 25.1 Å². The third kappa shape index (κ3) is 6.82. The first-order chi connectivity index (χ1) is 12.0. The lowest BCUT2D eigenvalue weighted by atomic mass is 9.89. The number of hydrogen-bond donors (Lipinski definition) is 3. The van der Waals surface area contributed by atoms with Gasteiger partial charge >= 0.3 is 0 Å². The molecule has 3 amide bonds. The van der Waals surface area contributed by atoms with Crippen LogP contribution in [0.2, 0.25) is 0 Å². The number of carbonyl (C=O) groups excluding carboxylic acids is 3. The fraction of sp³-hybridized carbons (Fsp3) is 0.500. The van der Waals surface area contributed by atoms with Crippen molar-refractivity contribution in [2.75, 3.05) is 13.2 Å². The second-order valence-corrected chi connectivity index (χ2v) is 6.25. The molecule has 2 rings (SSSR count). The zero-order valence-electron chi connectivity index (χ0n) is 14.5. The Balaban J connectivity index is 1.60. The van der Waals surface area contributed by atoms with Crippen LogP contribution in [0.4, 0.5) is 0 Å². The molecule has 0 aromatic heterocycles. The van der Waals surface area contributed by atoms with Gasteiger partial charge in [-0.3, -0.25) is 25.2 Å². The highest BCUT2D eigenvalue weighted by atomic mass is 16.5. The Morgan fingerprint density at radius 2 is 1.80 bits per heavy atom.